The van der Waals surface area contributed by atoms with E-state index in [9.17, 15) is 9.59 Å². The van der Waals surface area contributed by atoms with Crippen LogP contribution >= 0.6 is 0 Å². The number of likely N-dealkylation sites (N-methyl/N-ethyl adjacent to an activating group) is 1. The molecule has 0 fully saturated rings. The monoisotopic (exact) mass is 187 g/mol. The van der Waals surface area contributed by atoms with E-state index in [1.807, 2.05) is 13.8 Å². The fourth-order valence-electron chi connectivity index (χ4n) is 1.09. The zero-order valence-electron chi connectivity index (χ0n) is 8.57. The van der Waals surface area contributed by atoms with Crippen LogP contribution in [0.1, 0.15) is 27.2 Å². The van der Waals surface area contributed by atoms with E-state index in [0.717, 1.165) is 0 Å². The van der Waals surface area contributed by atoms with Gasteiger partial charge in [0, 0.05) is 14.0 Å². The second-order valence-corrected chi connectivity index (χ2v) is 3.61. The summed E-state index contributed by atoms with van der Waals surface area (Å²) in [5.41, 5.74) is 0. The van der Waals surface area contributed by atoms with Gasteiger partial charge >= 0.3 is 5.97 Å². The molecule has 1 atom stereocenters. The quantitative estimate of drug-likeness (QED) is 0.713. The van der Waals surface area contributed by atoms with Crippen LogP contribution in [-0.4, -0.2) is 35.0 Å². The lowest BCUT2D eigenvalue weighted by Crippen LogP contribution is -2.42. The smallest absolute Gasteiger partial charge is 0.326 e. The largest absolute Gasteiger partial charge is 0.480 e. The molecule has 1 amide bonds. The van der Waals surface area contributed by atoms with Gasteiger partial charge in [-0.1, -0.05) is 13.8 Å². The van der Waals surface area contributed by atoms with Gasteiger partial charge in [0.05, 0.1) is 0 Å². The zero-order chi connectivity index (χ0) is 10.6. The molecule has 0 aliphatic rings. The number of aliphatic carboxylic acids is 1. The number of rotatable bonds is 4. The number of amides is 1. The predicted molar refractivity (Wildman–Crippen MR) is 49.3 cm³/mol. The Kier molecular flexibility index (Phi) is 4.45. The van der Waals surface area contributed by atoms with E-state index in [1.54, 1.807) is 0 Å². The first-order valence-corrected chi connectivity index (χ1v) is 4.32. The van der Waals surface area contributed by atoms with Crippen LogP contribution in [0, 0.1) is 5.92 Å². The summed E-state index contributed by atoms with van der Waals surface area (Å²) in [6.07, 6.45) is 0.491. The summed E-state index contributed by atoms with van der Waals surface area (Å²) in [6.45, 7) is 5.24. The number of carboxylic acid groups (broad SMARTS) is 1. The Labute approximate surface area is 78.5 Å². The second kappa shape index (κ2) is 4.84. The Balaban J connectivity index is 4.42. The lowest BCUT2D eigenvalue weighted by Gasteiger charge is -2.24. The summed E-state index contributed by atoms with van der Waals surface area (Å²) in [6, 6.07) is -0.697. The highest BCUT2D eigenvalue weighted by atomic mass is 16.4. The molecule has 0 aromatic carbocycles. The maximum Gasteiger partial charge on any atom is 0.326 e. The molecular weight excluding hydrogens is 170 g/mol. The van der Waals surface area contributed by atoms with Gasteiger partial charge in [0.15, 0.2) is 0 Å². The van der Waals surface area contributed by atoms with E-state index in [1.165, 1.54) is 18.9 Å². The third-order valence-corrected chi connectivity index (χ3v) is 1.94. The lowest BCUT2D eigenvalue weighted by molar-refractivity contribution is -0.148. The average Bonchev–Trinajstić information content (AvgIpc) is 1.97. The maximum absolute atomic E-state index is 10.9. The summed E-state index contributed by atoms with van der Waals surface area (Å²) in [5, 5.41) is 8.85. The van der Waals surface area contributed by atoms with E-state index in [2.05, 4.69) is 0 Å². The molecule has 0 aliphatic carbocycles. The fraction of sp³-hybridized carbons (Fsp3) is 0.778. The van der Waals surface area contributed by atoms with Crippen molar-refractivity contribution in [3.05, 3.63) is 0 Å². The molecule has 13 heavy (non-hydrogen) atoms. The summed E-state index contributed by atoms with van der Waals surface area (Å²) in [7, 11) is 1.52. The Morgan fingerprint density at radius 2 is 1.85 bits per heavy atom. The van der Waals surface area contributed by atoms with Crippen molar-refractivity contribution in [3.63, 3.8) is 0 Å². The summed E-state index contributed by atoms with van der Waals surface area (Å²) >= 11 is 0. The fourth-order valence-corrected chi connectivity index (χ4v) is 1.09. The molecular formula is C9H17NO3. The molecule has 0 aromatic rings. The number of nitrogens with zero attached hydrogens (tertiary/aromatic N) is 1. The molecule has 0 aliphatic heterocycles. The molecule has 4 nitrogen and oxygen atoms in total. The average molecular weight is 187 g/mol. The molecule has 0 heterocycles. The molecule has 0 bridgehead atoms. The van der Waals surface area contributed by atoms with Crippen molar-refractivity contribution < 1.29 is 14.7 Å². The van der Waals surface area contributed by atoms with Crippen LogP contribution in [0.25, 0.3) is 0 Å². The molecule has 0 spiro atoms. The minimum atomic E-state index is -0.939. The van der Waals surface area contributed by atoms with Gasteiger partial charge in [0.2, 0.25) is 5.91 Å². The normalized spacial score (nSPS) is 12.7. The highest BCUT2D eigenvalue weighted by Gasteiger charge is 2.24. The maximum atomic E-state index is 10.9. The Bertz CT molecular complexity index is 201. The van der Waals surface area contributed by atoms with Crippen LogP contribution in [0.5, 0.6) is 0 Å². The first-order valence-electron chi connectivity index (χ1n) is 4.32. The number of carboxylic acids is 1. The lowest BCUT2D eigenvalue weighted by atomic mass is 10.0. The van der Waals surface area contributed by atoms with Crippen LogP contribution in [0.4, 0.5) is 0 Å². The predicted octanol–water partition coefficient (Wildman–Crippen LogP) is 0.964. The van der Waals surface area contributed by atoms with Gasteiger partial charge in [-0.3, -0.25) is 4.79 Å². The minimum Gasteiger partial charge on any atom is -0.480 e. The summed E-state index contributed by atoms with van der Waals surface area (Å²) in [4.78, 5) is 23.0. The van der Waals surface area contributed by atoms with Crippen molar-refractivity contribution in [1.82, 2.24) is 4.90 Å². The van der Waals surface area contributed by atoms with Gasteiger partial charge < -0.3 is 10.0 Å². The van der Waals surface area contributed by atoms with Crippen molar-refractivity contribution in [2.45, 2.75) is 33.2 Å². The van der Waals surface area contributed by atoms with Gasteiger partial charge in [-0.05, 0) is 12.3 Å². The van der Waals surface area contributed by atoms with Crippen molar-refractivity contribution >= 4 is 11.9 Å². The molecule has 0 saturated heterocycles. The zero-order valence-corrected chi connectivity index (χ0v) is 8.57. The molecule has 1 N–H and O–H groups in total. The van der Waals surface area contributed by atoms with E-state index >= 15 is 0 Å². The molecule has 0 radical (unpaired) electrons. The number of carbonyl (C=O) groups excluding carboxylic acids is 1. The number of carbonyl (C=O) groups is 2. The molecule has 0 unspecified atom stereocenters. The SMILES string of the molecule is CC(=O)N(C)[C@@H](CC(C)C)C(=O)O. The van der Waals surface area contributed by atoms with E-state index < -0.39 is 12.0 Å². The molecule has 76 valence electrons. The van der Waals surface area contributed by atoms with Gasteiger partial charge in [0.25, 0.3) is 0 Å². The third kappa shape index (κ3) is 3.92. The topological polar surface area (TPSA) is 57.6 Å². The van der Waals surface area contributed by atoms with Gasteiger partial charge in [-0.2, -0.15) is 0 Å². The molecule has 0 aromatic heterocycles. The first-order chi connectivity index (χ1) is 5.86. The number of hydrogen-bond acceptors (Lipinski definition) is 2. The van der Waals surface area contributed by atoms with Crippen LogP contribution in [0.3, 0.4) is 0 Å². The van der Waals surface area contributed by atoms with Crippen LogP contribution in [-0.2, 0) is 9.59 Å². The van der Waals surface area contributed by atoms with Crippen LogP contribution in [0.2, 0.25) is 0 Å². The second-order valence-electron chi connectivity index (χ2n) is 3.61. The van der Waals surface area contributed by atoms with E-state index in [4.69, 9.17) is 5.11 Å². The summed E-state index contributed by atoms with van der Waals surface area (Å²) in [5.74, 6) is -0.887. The molecule has 0 rings (SSSR count). The van der Waals surface area contributed by atoms with Crippen LogP contribution in [0.15, 0.2) is 0 Å². The van der Waals surface area contributed by atoms with Crippen molar-refractivity contribution in [2.75, 3.05) is 7.05 Å². The standard InChI is InChI=1S/C9H17NO3/c1-6(2)5-8(9(12)13)10(4)7(3)11/h6,8H,5H2,1-4H3,(H,12,13)/t8-/m0/s1. The Morgan fingerprint density at radius 1 is 1.38 bits per heavy atom. The van der Waals surface area contributed by atoms with Gasteiger partial charge in [-0.25, -0.2) is 4.79 Å². The third-order valence-electron chi connectivity index (χ3n) is 1.94. The van der Waals surface area contributed by atoms with Crippen molar-refractivity contribution in [3.8, 4) is 0 Å². The molecule has 4 heteroatoms. The Morgan fingerprint density at radius 3 is 2.08 bits per heavy atom. The highest BCUT2D eigenvalue weighted by molar-refractivity contribution is 5.81. The van der Waals surface area contributed by atoms with E-state index in [-0.39, 0.29) is 11.8 Å². The highest BCUT2D eigenvalue weighted by Crippen LogP contribution is 2.10. The van der Waals surface area contributed by atoms with E-state index in [0.29, 0.717) is 6.42 Å². The molecule has 0 saturated carbocycles. The van der Waals surface area contributed by atoms with Crippen molar-refractivity contribution in [1.29, 1.82) is 0 Å². The van der Waals surface area contributed by atoms with Gasteiger partial charge in [-0.15, -0.1) is 0 Å². The van der Waals surface area contributed by atoms with Gasteiger partial charge in [0.1, 0.15) is 6.04 Å². The minimum absolute atomic E-state index is 0.215. The van der Waals surface area contributed by atoms with Crippen molar-refractivity contribution in [2.24, 2.45) is 5.92 Å². The summed E-state index contributed by atoms with van der Waals surface area (Å²) < 4.78 is 0. The number of hydrogen-bond donors (Lipinski definition) is 1. The Hall–Kier alpha value is -1.06. The van der Waals surface area contributed by atoms with Crippen LogP contribution < -0.4 is 0 Å². The first kappa shape index (κ1) is 11.9.